The molecule has 0 aliphatic carbocycles. The molecule has 0 saturated carbocycles. The molecule has 0 unspecified atom stereocenters. The van der Waals surface area contributed by atoms with Crippen LogP contribution in [0.2, 0.25) is 0 Å². The van der Waals surface area contributed by atoms with E-state index < -0.39 is 11.6 Å². The minimum absolute atomic E-state index is 0.128. The van der Waals surface area contributed by atoms with Crippen molar-refractivity contribution in [3.8, 4) is 17.1 Å². The highest BCUT2D eigenvalue weighted by atomic mass is 19.1. The normalized spacial score (nSPS) is 11.1. The fourth-order valence-electron chi connectivity index (χ4n) is 3.17. The molecule has 6 heteroatoms. The second-order valence-electron chi connectivity index (χ2n) is 6.34. The lowest BCUT2D eigenvalue weighted by Crippen LogP contribution is -2.12. The predicted octanol–water partition coefficient (Wildman–Crippen LogP) is 5.07. The average molecular weight is 380 g/mol. The highest BCUT2D eigenvalue weighted by Gasteiger charge is 2.19. The van der Waals surface area contributed by atoms with E-state index in [-0.39, 0.29) is 11.3 Å². The Morgan fingerprint density at radius 3 is 2.57 bits per heavy atom. The first kappa shape index (κ1) is 18.1. The van der Waals surface area contributed by atoms with Crippen molar-refractivity contribution in [3.63, 3.8) is 0 Å². The van der Waals surface area contributed by atoms with Crippen LogP contribution in [0.4, 0.5) is 8.78 Å². The minimum Gasteiger partial charge on any atom is -0.493 e. The second-order valence-corrected chi connectivity index (χ2v) is 6.34. The maximum Gasteiger partial charge on any atom is 0.176 e. The molecular formula is C22H18F2N2O2. The van der Waals surface area contributed by atoms with Crippen LogP contribution in [-0.2, 0) is 13.1 Å². The van der Waals surface area contributed by atoms with E-state index in [1.54, 1.807) is 24.5 Å². The van der Waals surface area contributed by atoms with Gasteiger partial charge in [0.25, 0.3) is 0 Å². The zero-order chi connectivity index (χ0) is 19.5. The van der Waals surface area contributed by atoms with Gasteiger partial charge < -0.3 is 14.5 Å². The van der Waals surface area contributed by atoms with Crippen LogP contribution in [0.25, 0.3) is 22.3 Å². The van der Waals surface area contributed by atoms with Crippen molar-refractivity contribution >= 4 is 11.0 Å². The zero-order valence-corrected chi connectivity index (χ0v) is 15.2. The predicted molar refractivity (Wildman–Crippen MR) is 103 cm³/mol. The number of fused-ring (bicyclic) bond motifs is 1. The molecule has 4 rings (SSSR count). The van der Waals surface area contributed by atoms with Gasteiger partial charge in [0.15, 0.2) is 11.3 Å². The van der Waals surface area contributed by atoms with Crippen LogP contribution in [0.15, 0.2) is 65.3 Å². The van der Waals surface area contributed by atoms with Gasteiger partial charge in [0.2, 0.25) is 0 Å². The molecule has 0 aliphatic heterocycles. The van der Waals surface area contributed by atoms with Crippen molar-refractivity contribution < 1.29 is 17.9 Å². The molecule has 28 heavy (non-hydrogen) atoms. The van der Waals surface area contributed by atoms with Crippen LogP contribution in [0.3, 0.4) is 0 Å². The number of hydrogen-bond acceptors (Lipinski definition) is 4. The van der Waals surface area contributed by atoms with E-state index in [1.807, 2.05) is 18.2 Å². The van der Waals surface area contributed by atoms with Crippen molar-refractivity contribution in [1.29, 1.82) is 0 Å². The fourth-order valence-corrected chi connectivity index (χ4v) is 3.17. The number of methoxy groups -OCH3 is 1. The number of nitrogens with zero attached hydrogens (tertiary/aromatic N) is 1. The van der Waals surface area contributed by atoms with Gasteiger partial charge in [-0.25, -0.2) is 8.78 Å². The number of halogens is 2. The van der Waals surface area contributed by atoms with Gasteiger partial charge in [-0.15, -0.1) is 0 Å². The van der Waals surface area contributed by atoms with Crippen LogP contribution in [0, 0.1) is 11.6 Å². The van der Waals surface area contributed by atoms with Crippen LogP contribution in [0.5, 0.6) is 5.75 Å². The number of nitrogens with one attached hydrogen (secondary N) is 1. The van der Waals surface area contributed by atoms with Crippen molar-refractivity contribution in [2.24, 2.45) is 0 Å². The van der Waals surface area contributed by atoms with Gasteiger partial charge >= 0.3 is 0 Å². The molecule has 0 radical (unpaired) electrons. The number of benzene rings is 2. The molecule has 4 aromatic rings. The van der Waals surface area contributed by atoms with E-state index in [9.17, 15) is 8.78 Å². The summed E-state index contributed by atoms with van der Waals surface area (Å²) in [6, 6.07) is 13.0. The van der Waals surface area contributed by atoms with Gasteiger partial charge in [-0.1, -0.05) is 18.2 Å². The van der Waals surface area contributed by atoms with Gasteiger partial charge in [-0.2, -0.15) is 0 Å². The van der Waals surface area contributed by atoms with Gasteiger partial charge in [-0.3, -0.25) is 4.98 Å². The van der Waals surface area contributed by atoms with Crippen molar-refractivity contribution in [3.05, 3.63) is 83.7 Å². The monoisotopic (exact) mass is 380 g/mol. The fraction of sp³-hybridized carbons (Fsp3) is 0.136. The number of aromatic nitrogens is 1. The summed E-state index contributed by atoms with van der Waals surface area (Å²) >= 11 is 0. The lowest BCUT2D eigenvalue weighted by Gasteiger charge is -2.08. The number of ether oxygens (including phenoxy) is 1. The molecule has 0 spiro atoms. The molecule has 0 aliphatic rings. The highest BCUT2D eigenvalue weighted by Crippen LogP contribution is 2.37. The molecule has 4 nitrogen and oxygen atoms in total. The number of pyridine rings is 1. The smallest absolute Gasteiger partial charge is 0.176 e. The molecule has 1 N–H and O–H groups in total. The van der Waals surface area contributed by atoms with Gasteiger partial charge in [0.05, 0.1) is 12.7 Å². The van der Waals surface area contributed by atoms with Crippen molar-refractivity contribution in [1.82, 2.24) is 10.3 Å². The molecule has 2 aromatic carbocycles. The van der Waals surface area contributed by atoms with Crippen molar-refractivity contribution in [2.45, 2.75) is 13.1 Å². The minimum atomic E-state index is -0.672. The second kappa shape index (κ2) is 7.78. The maximum atomic E-state index is 14.2. The van der Waals surface area contributed by atoms with E-state index in [1.165, 1.54) is 25.3 Å². The highest BCUT2D eigenvalue weighted by molar-refractivity contribution is 5.90. The molecule has 2 heterocycles. The maximum absolute atomic E-state index is 14.2. The zero-order valence-electron chi connectivity index (χ0n) is 15.2. The summed E-state index contributed by atoms with van der Waals surface area (Å²) in [4.78, 5) is 4.09. The van der Waals surface area contributed by atoms with Gasteiger partial charge in [-0.05, 0) is 41.5 Å². The molecule has 0 atom stereocenters. The Labute approximate surface area is 160 Å². The topological polar surface area (TPSA) is 47.3 Å². The van der Waals surface area contributed by atoms with Crippen LogP contribution in [0.1, 0.15) is 11.1 Å². The van der Waals surface area contributed by atoms with E-state index in [0.29, 0.717) is 24.4 Å². The summed E-state index contributed by atoms with van der Waals surface area (Å²) in [7, 11) is 1.53. The Morgan fingerprint density at radius 1 is 1.04 bits per heavy atom. The van der Waals surface area contributed by atoms with Crippen molar-refractivity contribution in [2.75, 3.05) is 7.11 Å². The Balaban J connectivity index is 1.69. The summed E-state index contributed by atoms with van der Waals surface area (Å²) in [5, 5.41) is 4.09. The molecule has 2 aromatic heterocycles. The standard InChI is InChI=1S/C22H18F2N2O2/c1-27-19-8-7-15(13-26-12-14-4-3-9-25-11-14)16-10-20(28-22(16)19)21-17(23)5-2-6-18(21)24/h2-11,26H,12-13H2,1H3. The first-order valence-corrected chi connectivity index (χ1v) is 8.81. The third-order valence-corrected chi connectivity index (χ3v) is 4.53. The molecular weight excluding hydrogens is 362 g/mol. The summed E-state index contributed by atoms with van der Waals surface area (Å²) in [6.07, 6.45) is 3.53. The Bertz CT molecular complexity index is 1090. The SMILES string of the molecule is COc1ccc(CNCc2cccnc2)c2cc(-c3c(F)cccc3F)oc12. The molecule has 0 amide bonds. The number of hydrogen-bond donors (Lipinski definition) is 1. The van der Waals surface area contributed by atoms with E-state index in [0.717, 1.165) is 16.5 Å². The third kappa shape index (κ3) is 3.46. The number of furan rings is 1. The van der Waals surface area contributed by atoms with Crippen LogP contribution < -0.4 is 10.1 Å². The molecule has 0 saturated heterocycles. The Hall–Kier alpha value is -3.25. The lowest BCUT2D eigenvalue weighted by molar-refractivity contribution is 0.410. The largest absolute Gasteiger partial charge is 0.493 e. The van der Waals surface area contributed by atoms with Crippen LogP contribution >= 0.6 is 0 Å². The molecule has 142 valence electrons. The first-order valence-electron chi connectivity index (χ1n) is 8.81. The van der Waals surface area contributed by atoms with E-state index in [2.05, 4.69) is 10.3 Å². The summed E-state index contributed by atoms with van der Waals surface area (Å²) < 4.78 is 39.5. The Morgan fingerprint density at radius 2 is 1.86 bits per heavy atom. The Kier molecular flexibility index (Phi) is 5.04. The van der Waals surface area contributed by atoms with E-state index in [4.69, 9.17) is 9.15 Å². The molecule has 0 bridgehead atoms. The summed E-state index contributed by atoms with van der Waals surface area (Å²) in [5.74, 6) is -0.707. The lowest BCUT2D eigenvalue weighted by atomic mass is 10.1. The van der Waals surface area contributed by atoms with E-state index >= 15 is 0 Å². The summed E-state index contributed by atoms with van der Waals surface area (Å²) in [5.41, 5.74) is 2.27. The quantitative estimate of drug-likeness (QED) is 0.507. The van der Waals surface area contributed by atoms with Gasteiger partial charge in [0.1, 0.15) is 17.4 Å². The summed E-state index contributed by atoms with van der Waals surface area (Å²) in [6.45, 7) is 1.20. The van der Waals surface area contributed by atoms with Gasteiger partial charge in [0, 0.05) is 30.9 Å². The number of rotatable bonds is 6. The van der Waals surface area contributed by atoms with Crippen LogP contribution in [-0.4, -0.2) is 12.1 Å². The molecule has 0 fully saturated rings. The third-order valence-electron chi connectivity index (χ3n) is 4.53. The average Bonchev–Trinajstić information content (AvgIpc) is 3.14. The first-order chi connectivity index (χ1) is 13.7.